The van der Waals surface area contributed by atoms with E-state index in [2.05, 4.69) is 14.7 Å². The Morgan fingerprint density at radius 1 is 1.73 bits per heavy atom. The minimum atomic E-state index is -0.683. The zero-order valence-corrected chi connectivity index (χ0v) is 6.50. The zero-order chi connectivity index (χ0) is 8.69. The molecule has 0 saturated carbocycles. The smallest absolute Gasteiger partial charge is 0.320 e. The molecule has 1 aromatic rings. The maximum atomic E-state index is 10.1. The van der Waals surface area contributed by atoms with Gasteiger partial charge in [0.25, 0.3) is 0 Å². The fourth-order valence-corrected chi connectivity index (χ4v) is 0.391. The molecule has 3 N–H and O–H groups in total. The number of nitrogens with zero attached hydrogens (tertiary/aromatic N) is 1. The van der Waals surface area contributed by atoms with Gasteiger partial charge in [-0.05, 0) is 0 Å². The standard InChI is InChI=1S/C4H5N3O2.C2H6/c5-3(8)7-4-6-1-2-9-4;1-2/h1-2H,(H3,5,6,7,8);1-2H3. The number of rotatable bonds is 1. The SMILES string of the molecule is CC.NC(=O)Nc1ncco1. The number of primary amides is 1. The lowest BCUT2D eigenvalue weighted by Gasteiger charge is -1.89. The molecule has 0 atom stereocenters. The first kappa shape index (κ1) is 9.48. The van der Waals surface area contributed by atoms with Crippen LogP contribution in [0.1, 0.15) is 13.8 Å². The van der Waals surface area contributed by atoms with Crippen LogP contribution in [0.15, 0.2) is 16.9 Å². The highest BCUT2D eigenvalue weighted by Gasteiger charge is 1.96. The van der Waals surface area contributed by atoms with Crippen LogP contribution in [0.4, 0.5) is 10.8 Å². The van der Waals surface area contributed by atoms with Gasteiger partial charge in [-0.2, -0.15) is 0 Å². The van der Waals surface area contributed by atoms with Crippen molar-refractivity contribution >= 4 is 12.0 Å². The molecule has 0 radical (unpaired) electrons. The van der Waals surface area contributed by atoms with Crippen molar-refractivity contribution in [3.63, 3.8) is 0 Å². The molecule has 0 saturated heterocycles. The molecule has 5 nitrogen and oxygen atoms in total. The van der Waals surface area contributed by atoms with Crippen LogP contribution in [0.3, 0.4) is 0 Å². The van der Waals surface area contributed by atoms with Crippen molar-refractivity contribution in [1.82, 2.24) is 4.98 Å². The minimum absolute atomic E-state index is 0.113. The van der Waals surface area contributed by atoms with Crippen molar-refractivity contribution in [2.24, 2.45) is 5.73 Å². The number of aromatic nitrogens is 1. The minimum Gasteiger partial charge on any atom is -0.432 e. The first-order valence-electron chi connectivity index (χ1n) is 3.25. The quantitative estimate of drug-likeness (QED) is 0.642. The number of anilines is 1. The third kappa shape index (κ3) is 3.96. The van der Waals surface area contributed by atoms with E-state index in [0.717, 1.165) is 0 Å². The molecule has 1 heterocycles. The van der Waals surface area contributed by atoms with E-state index in [4.69, 9.17) is 5.73 Å². The molecule has 0 aliphatic carbocycles. The van der Waals surface area contributed by atoms with Gasteiger partial charge in [0.1, 0.15) is 6.26 Å². The number of nitrogens with one attached hydrogen (secondary N) is 1. The van der Waals surface area contributed by atoms with Gasteiger partial charge in [-0.25, -0.2) is 9.78 Å². The summed E-state index contributed by atoms with van der Waals surface area (Å²) < 4.78 is 4.62. The maximum Gasteiger partial charge on any atom is 0.320 e. The molecule has 0 aliphatic heterocycles. The summed E-state index contributed by atoms with van der Waals surface area (Å²) in [6, 6.07) is -0.569. The Morgan fingerprint density at radius 3 is 2.73 bits per heavy atom. The van der Waals surface area contributed by atoms with Crippen LogP contribution in [-0.2, 0) is 0 Å². The van der Waals surface area contributed by atoms with Crippen LogP contribution in [0, 0.1) is 0 Å². The van der Waals surface area contributed by atoms with Crippen LogP contribution < -0.4 is 11.1 Å². The first-order valence-corrected chi connectivity index (χ1v) is 3.25. The lowest BCUT2D eigenvalue weighted by atomic mass is 10.9. The third-order valence-corrected chi connectivity index (χ3v) is 0.662. The number of hydrogen-bond acceptors (Lipinski definition) is 3. The van der Waals surface area contributed by atoms with E-state index in [0.29, 0.717) is 0 Å². The number of carbonyl (C=O) groups excluding carboxylic acids is 1. The molecule has 0 spiro atoms. The molecule has 0 unspecified atom stereocenters. The Morgan fingerprint density at radius 2 is 2.36 bits per heavy atom. The number of oxazole rings is 1. The second-order valence-corrected chi connectivity index (χ2v) is 1.33. The average molecular weight is 157 g/mol. The van der Waals surface area contributed by atoms with Crippen LogP contribution in [-0.4, -0.2) is 11.0 Å². The summed E-state index contributed by atoms with van der Waals surface area (Å²) in [5, 5.41) is 2.15. The van der Waals surface area contributed by atoms with Gasteiger partial charge in [0.05, 0.1) is 6.20 Å². The van der Waals surface area contributed by atoms with Gasteiger partial charge in [-0.3, -0.25) is 5.32 Å². The van der Waals surface area contributed by atoms with E-state index in [1.54, 1.807) is 0 Å². The van der Waals surface area contributed by atoms with E-state index >= 15 is 0 Å². The number of carbonyl (C=O) groups is 1. The summed E-state index contributed by atoms with van der Waals surface area (Å²) in [6.07, 6.45) is 2.75. The van der Waals surface area contributed by atoms with Gasteiger partial charge in [0.2, 0.25) is 0 Å². The number of amides is 2. The molecule has 62 valence electrons. The van der Waals surface area contributed by atoms with E-state index in [-0.39, 0.29) is 6.01 Å². The van der Waals surface area contributed by atoms with Crippen molar-refractivity contribution in [3.05, 3.63) is 12.5 Å². The van der Waals surface area contributed by atoms with E-state index in [9.17, 15) is 4.79 Å². The first-order chi connectivity index (χ1) is 5.29. The summed E-state index contributed by atoms with van der Waals surface area (Å²) in [5.74, 6) is 0. The number of nitrogens with two attached hydrogens (primary N) is 1. The summed E-state index contributed by atoms with van der Waals surface area (Å²) in [4.78, 5) is 13.7. The summed E-state index contributed by atoms with van der Waals surface area (Å²) >= 11 is 0. The molecule has 1 rings (SSSR count). The zero-order valence-electron chi connectivity index (χ0n) is 6.50. The Labute approximate surface area is 64.6 Å². The average Bonchev–Trinajstić information content (AvgIpc) is 2.43. The molecular weight excluding hydrogens is 146 g/mol. The summed E-state index contributed by atoms with van der Waals surface area (Å²) in [7, 11) is 0. The van der Waals surface area contributed by atoms with Crippen molar-refractivity contribution < 1.29 is 9.21 Å². The lowest BCUT2D eigenvalue weighted by molar-refractivity contribution is 0.258. The van der Waals surface area contributed by atoms with Crippen LogP contribution in [0.25, 0.3) is 0 Å². The van der Waals surface area contributed by atoms with Crippen molar-refractivity contribution in [2.45, 2.75) is 13.8 Å². The second kappa shape index (κ2) is 5.28. The Kier molecular flexibility index (Phi) is 4.55. The van der Waals surface area contributed by atoms with Crippen molar-refractivity contribution in [2.75, 3.05) is 5.32 Å². The molecule has 0 fully saturated rings. The normalized spacial score (nSPS) is 7.82. The third-order valence-electron chi connectivity index (χ3n) is 0.662. The Hall–Kier alpha value is -1.52. The van der Waals surface area contributed by atoms with Gasteiger partial charge >= 0.3 is 12.0 Å². The maximum absolute atomic E-state index is 10.1. The van der Waals surface area contributed by atoms with Crippen LogP contribution in [0.2, 0.25) is 0 Å². The van der Waals surface area contributed by atoms with E-state index in [1.165, 1.54) is 12.5 Å². The Balaban J connectivity index is 0.000000461. The van der Waals surface area contributed by atoms with Gasteiger partial charge < -0.3 is 10.2 Å². The van der Waals surface area contributed by atoms with E-state index < -0.39 is 6.03 Å². The van der Waals surface area contributed by atoms with Gasteiger partial charge in [0.15, 0.2) is 0 Å². The number of urea groups is 1. The van der Waals surface area contributed by atoms with Gasteiger partial charge in [-0.15, -0.1) is 0 Å². The predicted octanol–water partition coefficient (Wildman–Crippen LogP) is 1.19. The predicted molar refractivity (Wildman–Crippen MR) is 41.1 cm³/mol. The molecule has 0 bridgehead atoms. The fraction of sp³-hybridized carbons (Fsp3) is 0.333. The molecule has 11 heavy (non-hydrogen) atoms. The van der Waals surface area contributed by atoms with Crippen LogP contribution in [0.5, 0.6) is 0 Å². The summed E-state index contributed by atoms with van der Waals surface area (Å²) in [6.45, 7) is 4.00. The van der Waals surface area contributed by atoms with Crippen molar-refractivity contribution in [1.29, 1.82) is 0 Å². The Bertz CT molecular complexity index is 196. The van der Waals surface area contributed by atoms with Gasteiger partial charge in [0, 0.05) is 0 Å². The number of hydrogen-bond donors (Lipinski definition) is 2. The highest BCUT2D eigenvalue weighted by atomic mass is 16.4. The summed E-state index contributed by atoms with van der Waals surface area (Å²) in [5.41, 5.74) is 4.73. The highest BCUT2D eigenvalue weighted by Crippen LogP contribution is 1.98. The topological polar surface area (TPSA) is 81.2 Å². The molecule has 1 aromatic heterocycles. The molecule has 2 amide bonds. The molecule has 0 aliphatic rings. The monoisotopic (exact) mass is 157 g/mol. The largest absolute Gasteiger partial charge is 0.432 e. The van der Waals surface area contributed by atoms with E-state index in [1.807, 2.05) is 13.8 Å². The fourth-order valence-electron chi connectivity index (χ4n) is 0.391. The van der Waals surface area contributed by atoms with Crippen molar-refractivity contribution in [3.8, 4) is 0 Å². The van der Waals surface area contributed by atoms with Gasteiger partial charge in [-0.1, -0.05) is 13.8 Å². The molecule has 0 aromatic carbocycles. The molecule has 5 heteroatoms. The molecular formula is C6H11N3O2. The highest BCUT2D eigenvalue weighted by molar-refractivity contribution is 5.85. The second-order valence-electron chi connectivity index (χ2n) is 1.33. The lowest BCUT2D eigenvalue weighted by Crippen LogP contribution is -2.19. The van der Waals surface area contributed by atoms with Crippen LogP contribution >= 0.6 is 0 Å².